The van der Waals surface area contributed by atoms with Gasteiger partial charge >= 0.3 is 5.97 Å². The molecule has 0 saturated carbocycles. The fourth-order valence-electron chi connectivity index (χ4n) is 1.74. The molecule has 21 heavy (non-hydrogen) atoms. The molecule has 0 atom stereocenters. The van der Waals surface area contributed by atoms with Crippen LogP contribution in [0.3, 0.4) is 0 Å². The Morgan fingerprint density at radius 3 is 2.86 bits per heavy atom. The third kappa shape index (κ3) is 3.53. The second-order valence-corrected chi connectivity index (χ2v) is 4.20. The molecule has 0 radical (unpaired) electrons. The molecule has 1 aromatic carbocycles. The summed E-state index contributed by atoms with van der Waals surface area (Å²) >= 11 is 0. The van der Waals surface area contributed by atoms with Gasteiger partial charge < -0.3 is 14.9 Å². The topological polar surface area (TPSA) is 131 Å². The van der Waals surface area contributed by atoms with Crippen LogP contribution in [-0.4, -0.2) is 32.7 Å². The van der Waals surface area contributed by atoms with Crippen molar-refractivity contribution in [3.8, 4) is 0 Å². The Kier molecular flexibility index (Phi) is 4.12. The van der Waals surface area contributed by atoms with Gasteiger partial charge in [-0.2, -0.15) is 4.98 Å². The third-order valence-corrected chi connectivity index (χ3v) is 2.67. The van der Waals surface area contributed by atoms with Crippen LogP contribution in [0.25, 0.3) is 0 Å². The quantitative estimate of drug-likeness (QED) is 0.606. The van der Waals surface area contributed by atoms with E-state index in [0.717, 1.165) is 6.07 Å². The number of carbonyl (C=O) groups is 1. The Hall–Kier alpha value is -2.97. The van der Waals surface area contributed by atoms with Crippen LogP contribution in [0.4, 0.5) is 11.4 Å². The molecule has 2 N–H and O–H groups in total. The summed E-state index contributed by atoms with van der Waals surface area (Å²) in [7, 11) is 0. The van der Waals surface area contributed by atoms with E-state index in [1.54, 1.807) is 6.92 Å². The van der Waals surface area contributed by atoms with Gasteiger partial charge in [-0.1, -0.05) is 5.16 Å². The number of nitro benzene ring substituents is 1. The lowest BCUT2D eigenvalue weighted by Gasteiger charge is -2.06. The number of carboxylic acids is 1. The van der Waals surface area contributed by atoms with Gasteiger partial charge in [0.15, 0.2) is 5.82 Å². The number of hydrogen-bond acceptors (Lipinski definition) is 7. The Bertz CT molecular complexity index is 682. The predicted octanol–water partition coefficient (Wildman–Crippen LogP) is 1.64. The van der Waals surface area contributed by atoms with Crippen molar-refractivity contribution in [3.05, 3.63) is 45.6 Å². The van der Waals surface area contributed by atoms with Crippen molar-refractivity contribution >= 4 is 17.3 Å². The molecule has 0 unspecified atom stereocenters. The first-order valence-corrected chi connectivity index (χ1v) is 6.02. The molecule has 110 valence electrons. The number of hydrogen-bond donors (Lipinski definition) is 2. The average Bonchev–Trinajstić information content (AvgIpc) is 2.84. The number of nitrogens with zero attached hydrogens (tertiary/aromatic N) is 3. The summed E-state index contributed by atoms with van der Waals surface area (Å²) in [6.45, 7) is 2.12. The zero-order chi connectivity index (χ0) is 15.4. The minimum atomic E-state index is -1.35. The highest BCUT2D eigenvalue weighted by Crippen LogP contribution is 2.22. The van der Waals surface area contributed by atoms with Gasteiger partial charge in [-0.15, -0.1) is 0 Å². The molecule has 1 heterocycles. The maximum absolute atomic E-state index is 11.0. The monoisotopic (exact) mass is 292 g/mol. The molecule has 1 aromatic heterocycles. The van der Waals surface area contributed by atoms with Crippen LogP contribution in [0.5, 0.6) is 0 Å². The molecule has 0 bridgehead atoms. The van der Waals surface area contributed by atoms with Gasteiger partial charge in [0.25, 0.3) is 5.69 Å². The molecule has 2 rings (SSSR count). The van der Waals surface area contributed by atoms with Crippen molar-refractivity contribution in [1.29, 1.82) is 0 Å². The Morgan fingerprint density at radius 2 is 2.29 bits per heavy atom. The minimum Gasteiger partial charge on any atom is -0.477 e. The predicted molar refractivity (Wildman–Crippen MR) is 71.3 cm³/mol. The van der Waals surface area contributed by atoms with Crippen LogP contribution >= 0.6 is 0 Å². The van der Waals surface area contributed by atoms with E-state index in [1.165, 1.54) is 12.1 Å². The van der Waals surface area contributed by atoms with Crippen LogP contribution in [0.2, 0.25) is 0 Å². The van der Waals surface area contributed by atoms with E-state index in [2.05, 4.69) is 15.5 Å². The molecule has 0 amide bonds. The molecule has 9 heteroatoms. The molecule has 0 aliphatic heterocycles. The number of benzene rings is 1. The number of anilines is 1. The van der Waals surface area contributed by atoms with E-state index in [-0.39, 0.29) is 5.56 Å². The first-order valence-electron chi connectivity index (χ1n) is 6.02. The molecular weight excluding hydrogens is 280 g/mol. The normalized spacial score (nSPS) is 10.3. The molecule has 0 fully saturated rings. The fourth-order valence-corrected chi connectivity index (χ4v) is 1.74. The largest absolute Gasteiger partial charge is 0.477 e. The van der Waals surface area contributed by atoms with Crippen molar-refractivity contribution in [2.45, 2.75) is 13.3 Å². The summed E-state index contributed by atoms with van der Waals surface area (Å²) in [6, 6.07) is 3.83. The van der Waals surface area contributed by atoms with E-state index in [0.29, 0.717) is 30.4 Å². The average molecular weight is 292 g/mol. The van der Waals surface area contributed by atoms with Gasteiger partial charge in [0.2, 0.25) is 5.89 Å². The van der Waals surface area contributed by atoms with E-state index < -0.39 is 16.6 Å². The van der Waals surface area contributed by atoms with Crippen molar-refractivity contribution in [1.82, 2.24) is 10.1 Å². The van der Waals surface area contributed by atoms with E-state index in [1.807, 2.05) is 0 Å². The molecule has 9 nitrogen and oxygen atoms in total. The standard InChI is InChI=1S/C12H12N4O5/c1-7-14-11(15-21-7)4-5-13-8-2-3-10(16(19)20)9(6-8)12(17)18/h2-3,6,13H,4-5H2,1H3,(H,17,18). The number of nitrogens with one attached hydrogen (secondary N) is 1. The van der Waals surface area contributed by atoms with Crippen molar-refractivity contribution in [3.63, 3.8) is 0 Å². The van der Waals surface area contributed by atoms with Crippen LogP contribution in [0.1, 0.15) is 22.1 Å². The van der Waals surface area contributed by atoms with Crippen molar-refractivity contribution in [2.75, 3.05) is 11.9 Å². The van der Waals surface area contributed by atoms with Gasteiger partial charge in [-0.05, 0) is 12.1 Å². The maximum atomic E-state index is 11.0. The van der Waals surface area contributed by atoms with Crippen LogP contribution in [-0.2, 0) is 6.42 Å². The Balaban J connectivity index is 2.05. The lowest BCUT2D eigenvalue weighted by atomic mass is 10.1. The highest BCUT2D eigenvalue weighted by Gasteiger charge is 2.19. The minimum absolute atomic E-state index is 0.361. The zero-order valence-corrected chi connectivity index (χ0v) is 11.1. The SMILES string of the molecule is Cc1nc(CCNc2ccc([N+](=O)[O-])c(C(=O)O)c2)no1. The fraction of sp³-hybridized carbons (Fsp3) is 0.250. The Morgan fingerprint density at radius 1 is 1.52 bits per heavy atom. The molecule has 0 aliphatic rings. The van der Waals surface area contributed by atoms with Crippen molar-refractivity contribution in [2.24, 2.45) is 0 Å². The van der Waals surface area contributed by atoms with Gasteiger partial charge in [0, 0.05) is 31.6 Å². The second kappa shape index (κ2) is 5.99. The summed E-state index contributed by atoms with van der Waals surface area (Å²) < 4.78 is 4.82. The molecular formula is C12H12N4O5. The second-order valence-electron chi connectivity index (χ2n) is 4.20. The van der Waals surface area contributed by atoms with Crippen LogP contribution in [0, 0.1) is 17.0 Å². The van der Waals surface area contributed by atoms with Crippen LogP contribution < -0.4 is 5.32 Å². The van der Waals surface area contributed by atoms with Crippen LogP contribution in [0.15, 0.2) is 22.7 Å². The molecule has 0 saturated heterocycles. The van der Waals surface area contributed by atoms with Gasteiger partial charge in [-0.3, -0.25) is 10.1 Å². The number of aromatic carboxylic acids is 1. The summed E-state index contributed by atoms with van der Waals surface area (Å²) in [5, 5.41) is 26.4. The smallest absolute Gasteiger partial charge is 0.342 e. The molecule has 0 spiro atoms. The lowest BCUT2D eigenvalue weighted by molar-refractivity contribution is -0.385. The highest BCUT2D eigenvalue weighted by molar-refractivity contribution is 5.93. The van der Waals surface area contributed by atoms with Gasteiger partial charge in [0.05, 0.1) is 4.92 Å². The van der Waals surface area contributed by atoms with E-state index >= 15 is 0 Å². The van der Waals surface area contributed by atoms with E-state index in [4.69, 9.17) is 9.63 Å². The first-order chi connectivity index (χ1) is 9.97. The number of carboxylic acid groups (broad SMARTS) is 1. The highest BCUT2D eigenvalue weighted by atomic mass is 16.6. The van der Waals surface area contributed by atoms with Gasteiger partial charge in [-0.25, -0.2) is 4.79 Å². The number of nitro groups is 1. The van der Waals surface area contributed by atoms with E-state index in [9.17, 15) is 14.9 Å². The lowest BCUT2D eigenvalue weighted by Crippen LogP contribution is -2.08. The molecule has 2 aromatic rings. The van der Waals surface area contributed by atoms with Crippen molar-refractivity contribution < 1.29 is 19.3 Å². The number of aromatic nitrogens is 2. The van der Waals surface area contributed by atoms with Gasteiger partial charge in [0.1, 0.15) is 5.56 Å². The molecule has 0 aliphatic carbocycles. The number of aryl methyl sites for hydroxylation is 1. The number of rotatable bonds is 6. The summed E-state index contributed by atoms with van der Waals surface area (Å²) in [6.07, 6.45) is 0.483. The zero-order valence-electron chi connectivity index (χ0n) is 11.1. The third-order valence-electron chi connectivity index (χ3n) is 2.67. The maximum Gasteiger partial charge on any atom is 0.342 e. The Labute approximate surface area is 118 Å². The summed E-state index contributed by atoms with van der Waals surface area (Å²) in [5.41, 5.74) is -0.333. The summed E-state index contributed by atoms with van der Waals surface area (Å²) in [5.74, 6) is -0.354. The summed E-state index contributed by atoms with van der Waals surface area (Å²) in [4.78, 5) is 25.0. The first kappa shape index (κ1) is 14.4.